The summed E-state index contributed by atoms with van der Waals surface area (Å²) in [4.78, 5) is 5.65. The van der Waals surface area contributed by atoms with Crippen LogP contribution in [0.15, 0.2) is 0 Å². The Morgan fingerprint density at radius 2 is 1.79 bits per heavy atom. The highest BCUT2D eigenvalue weighted by molar-refractivity contribution is 5.85. The van der Waals surface area contributed by atoms with E-state index in [1.54, 1.807) is 0 Å². The van der Waals surface area contributed by atoms with Crippen molar-refractivity contribution in [3.63, 3.8) is 0 Å². The van der Waals surface area contributed by atoms with Crippen molar-refractivity contribution in [3.05, 3.63) is 17.2 Å². The van der Waals surface area contributed by atoms with Gasteiger partial charge in [-0.3, -0.25) is 0 Å². The van der Waals surface area contributed by atoms with Crippen LogP contribution in [0.25, 0.3) is 0 Å². The van der Waals surface area contributed by atoms with E-state index in [1.807, 2.05) is 0 Å². The Morgan fingerprint density at radius 3 is 2.29 bits per heavy atom. The van der Waals surface area contributed by atoms with Crippen molar-refractivity contribution in [2.45, 2.75) is 19.3 Å². The van der Waals surface area contributed by atoms with E-state index in [0.29, 0.717) is 24.5 Å². The summed E-state index contributed by atoms with van der Waals surface area (Å²) in [5.41, 5.74) is 1.02. The first kappa shape index (κ1) is 13.5. The van der Waals surface area contributed by atoms with E-state index >= 15 is 0 Å². The van der Waals surface area contributed by atoms with E-state index in [9.17, 15) is 13.2 Å². The van der Waals surface area contributed by atoms with Crippen LogP contribution in [-0.4, -0.2) is 9.97 Å². The van der Waals surface area contributed by atoms with Gasteiger partial charge in [0, 0.05) is 13.1 Å². The van der Waals surface area contributed by atoms with E-state index in [4.69, 9.17) is 0 Å². The second kappa shape index (κ2) is 4.37. The molecule has 1 aliphatic heterocycles. The number of aromatic nitrogens is 2. The Hall–Kier alpha value is -0.460. The summed E-state index contributed by atoms with van der Waals surface area (Å²) in [5, 5.41) is 2.89. The third-order valence-corrected chi connectivity index (χ3v) is 1.73. The van der Waals surface area contributed by atoms with Crippen LogP contribution in [0.1, 0.15) is 17.2 Å². The van der Waals surface area contributed by atoms with Gasteiger partial charge in [0.25, 0.3) is 0 Å². The van der Waals surface area contributed by atoms with Gasteiger partial charge in [-0.2, -0.15) is 13.2 Å². The van der Waals surface area contributed by atoms with Crippen LogP contribution >= 0.6 is 24.8 Å². The highest BCUT2D eigenvalue weighted by Crippen LogP contribution is 2.28. The number of nitrogens with zero attached hydrogens (tertiary/aromatic N) is 1. The lowest BCUT2D eigenvalue weighted by Crippen LogP contribution is -2.10. The van der Waals surface area contributed by atoms with E-state index in [2.05, 4.69) is 15.3 Å². The number of hydrogen-bond acceptors (Lipinski definition) is 2. The molecule has 2 rings (SSSR count). The first-order chi connectivity index (χ1) is 5.57. The third-order valence-electron chi connectivity index (χ3n) is 1.73. The summed E-state index contributed by atoms with van der Waals surface area (Å²) in [6.07, 6.45) is -4.36. The maximum Gasteiger partial charge on any atom is 0.449 e. The lowest BCUT2D eigenvalue weighted by molar-refractivity contribution is -0.144. The van der Waals surface area contributed by atoms with Crippen LogP contribution in [0.3, 0.4) is 0 Å². The zero-order chi connectivity index (χ0) is 8.77. The van der Waals surface area contributed by atoms with Crippen LogP contribution in [0.4, 0.5) is 13.2 Å². The summed E-state index contributed by atoms with van der Waals surface area (Å²) in [7, 11) is 0. The van der Waals surface area contributed by atoms with Gasteiger partial charge in [0.15, 0.2) is 0 Å². The fourth-order valence-electron chi connectivity index (χ4n) is 1.18. The molecule has 2 heterocycles. The molecule has 14 heavy (non-hydrogen) atoms. The smallest absolute Gasteiger partial charge is 0.337 e. The number of hydrogen-bond donors (Lipinski definition) is 2. The number of halogens is 5. The molecule has 0 bridgehead atoms. The van der Waals surface area contributed by atoms with Crippen LogP contribution in [-0.2, 0) is 19.3 Å². The number of fused-ring (bicyclic) bond motifs is 1. The van der Waals surface area contributed by atoms with Crippen molar-refractivity contribution in [2.75, 3.05) is 0 Å². The van der Waals surface area contributed by atoms with Gasteiger partial charge in [-0.05, 0) is 0 Å². The van der Waals surface area contributed by atoms with Crippen molar-refractivity contribution >= 4 is 24.8 Å². The molecule has 1 aromatic heterocycles. The Kier molecular flexibility index (Phi) is 4.23. The summed E-state index contributed by atoms with van der Waals surface area (Å²) >= 11 is 0. The number of imidazole rings is 1. The highest BCUT2D eigenvalue weighted by Gasteiger charge is 2.36. The summed E-state index contributed by atoms with van der Waals surface area (Å²) in [5.74, 6) is -0.894. The van der Waals surface area contributed by atoms with Gasteiger partial charge in [-0.15, -0.1) is 24.8 Å². The Morgan fingerprint density at radius 1 is 1.14 bits per heavy atom. The zero-order valence-corrected chi connectivity index (χ0v) is 8.44. The summed E-state index contributed by atoms with van der Waals surface area (Å²) < 4.78 is 36.1. The van der Waals surface area contributed by atoms with Crippen molar-refractivity contribution < 1.29 is 13.2 Å². The molecular formula is C6H8Cl2F3N3. The normalized spacial score (nSPS) is 14.2. The molecule has 0 unspecified atom stereocenters. The van der Waals surface area contributed by atoms with E-state index in [0.717, 1.165) is 0 Å². The molecule has 0 amide bonds. The molecule has 0 radical (unpaired) electrons. The minimum Gasteiger partial charge on any atom is -0.337 e. The third kappa shape index (κ3) is 2.31. The van der Waals surface area contributed by atoms with Gasteiger partial charge >= 0.3 is 6.18 Å². The van der Waals surface area contributed by atoms with Gasteiger partial charge in [0.2, 0.25) is 5.82 Å². The first-order valence-electron chi connectivity index (χ1n) is 3.43. The molecule has 0 aromatic carbocycles. The second-order valence-electron chi connectivity index (χ2n) is 2.61. The van der Waals surface area contributed by atoms with E-state index in [-0.39, 0.29) is 24.8 Å². The SMILES string of the molecule is Cl.Cl.FC(F)(F)c1nc2c([nH]1)CNC2. The monoisotopic (exact) mass is 249 g/mol. The summed E-state index contributed by atoms with van der Waals surface area (Å²) in [6.45, 7) is 0.861. The number of aromatic amines is 1. The number of rotatable bonds is 0. The minimum absolute atomic E-state index is 0. The van der Waals surface area contributed by atoms with Gasteiger partial charge < -0.3 is 10.3 Å². The second-order valence-corrected chi connectivity index (χ2v) is 2.61. The first-order valence-corrected chi connectivity index (χ1v) is 3.43. The molecule has 0 saturated heterocycles. The molecule has 0 fully saturated rings. The van der Waals surface area contributed by atoms with E-state index in [1.165, 1.54) is 0 Å². The molecule has 3 nitrogen and oxygen atoms in total. The van der Waals surface area contributed by atoms with Crippen LogP contribution in [0, 0.1) is 0 Å². The lowest BCUT2D eigenvalue weighted by atomic mass is 10.4. The number of nitrogens with one attached hydrogen (secondary N) is 2. The van der Waals surface area contributed by atoms with E-state index < -0.39 is 12.0 Å². The molecule has 0 spiro atoms. The maximum absolute atomic E-state index is 12.0. The molecule has 1 aromatic rings. The summed E-state index contributed by atoms with van der Waals surface area (Å²) in [6, 6.07) is 0. The average molecular weight is 250 g/mol. The van der Waals surface area contributed by atoms with Crippen molar-refractivity contribution in [2.24, 2.45) is 0 Å². The average Bonchev–Trinajstić information content (AvgIpc) is 2.37. The topological polar surface area (TPSA) is 40.7 Å². The molecular weight excluding hydrogens is 242 g/mol. The molecule has 0 saturated carbocycles. The molecule has 82 valence electrons. The molecule has 0 aliphatic carbocycles. The Balaban J connectivity index is 0.000000845. The number of alkyl halides is 3. The molecule has 0 atom stereocenters. The van der Waals surface area contributed by atoms with Gasteiger partial charge in [-0.1, -0.05) is 0 Å². The zero-order valence-electron chi connectivity index (χ0n) is 6.81. The van der Waals surface area contributed by atoms with Gasteiger partial charge in [0.1, 0.15) is 0 Å². The fourth-order valence-corrected chi connectivity index (χ4v) is 1.18. The molecule has 8 heteroatoms. The largest absolute Gasteiger partial charge is 0.449 e. The predicted octanol–water partition coefficient (Wildman–Crippen LogP) is 1.88. The predicted molar refractivity (Wildman–Crippen MR) is 48.6 cm³/mol. The molecule has 2 N–H and O–H groups in total. The quantitative estimate of drug-likeness (QED) is 0.738. The Labute approximate surface area is 90.3 Å². The van der Waals surface area contributed by atoms with Crippen LogP contribution in [0.2, 0.25) is 0 Å². The lowest BCUT2D eigenvalue weighted by Gasteiger charge is -2.00. The van der Waals surface area contributed by atoms with Crippen molar-refractivity contribution in [1.82, 2.24) is 15.3 Å². The maximum atomic E-state index is 12.0. The highest BCUT2D eigenvalue weighted by atomic mass is 35.5. The minimum atomic E-state index is -4.36. The molecule has 1 aliphatic rings. The Bertz CT molecular complexity index is 288. The van der Waals surface area contributed by atoms with Crippen molar-refractivity contribution in [1.29, 1.82) is 0 Å². The van der Waals surface area contributed by atoms with Gasteiger partial charge in [-0.25, -0.2) is 4.98 Å². The van der Waals surface area contributed by atoms with Crippen molar-refractivity contribution in [3.8, 4) is 0 Å². The van der Waals surface area contributed by atoms with Crippen LogP contribution in [0.5, 0.6) is 0 Å². The fraction of sp³-hybridized carbons (Fsp3) is 0.500. The standard InChI is InChI=1S/C6H6F3N3.2ClH/c7-6(8,9)5-11-3-1-10-2-4(3)12-5;;/h10H,1-2H2,(H,11,12);2*1H. The van der Waals surface area contributed by atoms with Gasteiger partial charge in [0.05, 0.1) is 11.4 Å². The van der Waals surface area contributed by atoms with Crippen LogP contribution < -0.4 is 5.32 Å². The number of H-pyrrole nitrogens is 1.